The van der Waals surface area contributed by atoms with Gasteiger partial charge in [-0.15, -0.1) is 0 Å². The van der Waals surface area contributed by atoms with Gasteiger partial charge >= 0.3 is 0 Å². The number of piperazine rings is 1. The Morgan fingerprint density at radius 3 is 2.97 bits per heavy atom. The molecule has 2 aliphatic heterocycles. The Labute approximate surface area is 171 Å². The number of hydrogen-bond acceptors (Lipinski definition) is 6. The number of carbonyl (C=O) groups excluding carboxylic acids is 1. The molecule has 1 aromatic heterocycles. The zero-order chi connectivity index (χ0) is 19.8. The Bertz CT molecular complexity index is 1060. The van der Waals surface area contributed by atoms with Crippen molar-refractivity contribution in [2.75, 3.05) is 37.7 Å². The minimum Gasteiger partial charge on any atom is -0.493 e. The molecule has 6 nitrogen and oxygen atoms in total. The van der Waals surface area contributed by atoms with Crippen molar-refractivity contribution >= 4 is 32.6 Å². The largest absolute Gasteiger partial charge is 0.493 e. The van der Waals surface area contributed by atoms with Crippen LogP contribution in [-0.4, -0.2) is 43.7 Å². The molecule has 29 heavy (non-hydrogen) atoms. The maximum absolute atomic E-state index is 13.7. The van der Waals surface area contributed by atoms with E-state index in [-0.39, 0.29) is 17.8 Å². The molecule has 0 spiro atoms. The van der Waals surface area contributed by atoms with Gasteiger partial charge in [0.2, 0.25) is 0 Å². The maximum Gasteiger partial charge on any atom is 0.251 e. The van der Waals surface area contributed by atoms with Gasteiger partial charge in [0.25, 0.3) is 5.91 Å². The van der Waals surface area contributed by atoms with Gasteiger partial charge in [0.1, 0.15) is 11.6 Å². The second-order valence-electron chi connectivity index (χ2n) is 7.26. The van der Waals surface area contributed by atoms with E-state index in [0.29, 0.717) is 29.9 Å². The molecule has 1 saturated heterocycles. The lowest BCUT2D eigenvalue weighted by molar-refractivity contribution is 0.0924. The van der Waals surface area contributed by atoms with Crippen LogP contribution in [0.4, 0.5) is 9.52 Å². The van der Waals surface area contributed by atoms with Crippen LogP contribution in [-0.2, 0) is 0 Å². The fourth-order valence-corrected chi connectivity index (χ4v) is 4.86. The van der Waals surface area contributed by atoms with E-state index < -0.39 is 0 Å². The number of halogens is 1. The van der Waals surface area contributed by atoms with Crippen LogP contribution in [0.5, 0.6) is 5.75 Å². The summed E-state index contributed by atoms with van der Waals surface area (Å²) in [7, 11) is 0. The predicted octanol–water partition coefficient (Wildman–Crippen LogP) is 3.10. The third kappa shape index (κ3) is 3.65. The van der Waals surface area contributed by atoms with E-state index in [1.165, 1.54) is 12.1 Å². The second-order valence-corrected chi connectivity index (χ2v) is 8.27. The predicted molar refractivity (Wildman–Crippen MR) is 111 cm³/mol. The number of benzene rings is 2. The maximum atomic E-state index is 13.7. The first-order valence-electron chi connectivity index (χ1n) is 9.77. The summed E-state index contributed by atoms with van der Waals surface area (Å²) in [5.74, 6) is 0.118. The van der Waals surface area contributed by atoms with Crippen molar-refractivity contribution < 1.29 is 13.9 Å². The first-order valence-corrected chi connectivity index (χ1v) is 10.6. The number of amides is 1. The van der Waals surface area contributed by atoms with Crippen molar-refractivity contribution in [2.45, 2.75) is 12.5 Å². The highest BCUT2D eigenvalue weighted by Gasteiger charge is 2.24. The number of fused-ring (bicyclic) bond motifs is 2. The topological polar surface area (TPSA) is 66.5 Å². The Kier molecular flexibility index (Phi) is 4.81. The summed E-state index contributed by atoms with van der Waals surface area (Å²) in [6.07, 6.45) is 0.609. The van der Waals surface area contributed by atoms with Crippen LogP contribution in [0, 0.1) is 5.82 Å². The number of carbonyl (C=O) groups is 1. The monoisotopic (exact) mass is 412 g/mol. The molecule has 3 heterocycles. The van der Waals surface area contributed by atoms with E-state index in [9.17, 15) is 9.18 Å². The highest BCUT2D eigenvalue weighted by Crippen LogP contribution is 2.33. The van der Waals surface area contributed by atoms with Crippen molar-refractivity contribution in [3.63, 3.8) is 0 Å². The van der Waals surface area contributed by atoms with E-state index in [1.807, 2.05) is 12.1 Å². The van der Waals surface area contributed by atoms with Crippen LogP contribution in [0.1, 0.15) is 28.4 Å². The number of aromatic nitrogens is 1. The number of nitrogens with zero attached hydrogens (tertiary/aromatic N) is 2. The minimum atomic E-state index is -0.333. The zero-order valence-electron chi connectivity index (χ0n) is 15.8. The van der Waals surface area contributed by atoms with Crippen LogP contribution in [0.25, 0.3) is 10.2 Å². The highest BCUT2D eigenvalue weighted by atomic mass is 32.1. The lowest BCUT2D eigenvalue weighted by Gasteiger charge is -2.26. The molecule has 3 aromatic rings. The van der Waals surface area contributed by atoms with Gasteiger partial charge in [-0.1, -0.05) is 11.3 Å². The summed E-state index contributed by atoms with van der Waals surface area (Å²) in [4.78, 5) is 19.9. The molecule has 0 aliphatic carbocycles. The normalized spacial score (nSPS) is 18.9. The van der Waals surface area contributed by atoms with Gasteiger partial charge in [-0.25, -0.2) is 9.37 Å². The van der Waals surface area contributed by atoms with E-state index in [2.05, 4.69) is 15.5 Å². The average molecular weight is 412 g/mol. The standard InChI is InChI=1S/C21H21FN4O2S/c22-14-2-4-18-15(12-14)16(5-10-28-18)24-20(27)13-1-3-17-19(11-13)29-21(25-17)26-8-6-23-7-9-26/h1-4,11-12,16,23H,5-10H2,(H,24,27)/t16-/m0/s1. The van der Waals surface area contributed by atoms with Gasteiger partial charge in [-0.2, -0.15) is 0 Å². The second kappa shape index (κ2) is 7.61. The number of nitrogens with one attached hydrogen (secondary N) is 2. The Morgan fingerprint density at radius 1 is 1.24 bits per heavy atom. The molecule has 0 bridgehead atoms. The van der Waals surface area contributed by atoms with E-state index in [0.717, 1.165) is 41.5 Å². The van der Waals surface area contributed by atoms with Crippen LogP contribution in [0.15, 0.2) is 36.4 Å². The van der Waals surface area contributed by atoms with Crippen molar-refractivity contribution in [2.24, 2.45) is 0 Å². The molecule has 1 fully saturated rings. The van der Waals surface area contributed by atoms with Crippen LogP contribution >= 0.6 is 11.3 Å². The SMILES string of the molecule is O=C(N[C@H]1CCOc2ccc(F)cc21)c1ccc2nc(N3CCNCC3)sc2c1. The van der Waals surface area contributed by atoms with E-state index in [1.54, 1.807) is 23.5 Å². The van der Waals surface area contributed by atoms with Crippen molar-refractivity contribution in [1.29, 1.82) is 0 Å². The van der Waals surface area contributed by atoms with E-state index >= 15 is 0 Å². The minimum absolute atomic E-state index is 0.175. The van der Waals surface area contributed by atoms with Crippen molar-refractivity contribution in [1.82, 2.24) is 15.6 Å². The lowest BCUT2D eigenvalue weighted by atomic mass is 10.00. The molecule has 0 unspecified atom stereocenters. The molecule has 2 aromatic carbocycles. The third-order valence-corrected chi connectivity index (χ3v) is 6.42. The molecule has 0 saturated carbocycles. The summed E-state index contributed by atoms with van der Waals surface area (Å²) in [5, 5.41) is 7.37. The molecular weight excluding hydrogens is 391 g/mol. The average Bonchev–Trinajstić information content (AvgIpc) is 3.18. The van der Waals surface area contributed by atoms with Crippen LogP contribution in [0.3, 0.4) is 0 Å². The molecule has 1 amide bonds. The van der Waals surface area contributed by atoms with Gasteiger partial charge in [-0.05, 0) is 36.4 Å². The Morgan fingerprint density at radius 2 is 2.10 bits per heavy atom. The Balaban J connectivity index is 1.37. The molecule has 8 heteroatoms. The number of rotatable bonds is 3. The number of ether oxygens (including phenoxy) is 1. The summed E-state index contributed by atoms with van der Waals surface area (Å²) >= 11 is 1.61. The summed E-state index contributed by atoms with van der Waals surface area (Å²) in [6, 6.07) is 9.73. The molecule has 2 N–H and O–H groups in total. The first kappa shape index (κ1) is 18.3. The van der Waals surface area contributed by atoms with Gasteiger partial charge in [0.15, 0.2) is 5.13 Å². The molecule has 1 atom stereocenters. The fraction of sp³-hybridized carbons (Fsp3) is 0.333. The zero-order valence-corrected chi connectivity index (χ0v) is 16.6. The summed E-state index contributed by atoms with van der Waals surface area (Å²) in [5.41, 5.74) is 2.17. The highest BCUT2D eigenvalue weighted by molar-refractivity contribution is 7.22. The molecule has 2 aliphatic rings. The number of hydrogen-bond donors (Lipinski definition) is 2. The van der Waals surface area contributed by atoms with Gasteiger partial charge in [0.05, 0.1) is 22.9 Å². The first-order chi connectivity index (χ1) is 14.2. The molecule has 5 rings (SSSR count). The van der Waals surface area contributed by atoms with Crippen LogP contribution < -0.4 is 20.3 Å². The molecular formula is C21H21FN4O2S. The van der Waals surface area contributed by atoms with Gasteiger partial charge < -0.3 is 20.3 Å². The molecule has 0 radical (unpaired) electrons. The number of anilines is 1. The van der Waals surface area contributed by atoms with Crippen molar-refractivity contribution in [3.05, 3.63) is 53.3 Å². The van der Waals surface area contributed by atoms with Gasteiger partial charge in [-0.3, -0.25) is 4.79 Å². The summed E-state index contributed by atoms with van der Waals surface area (Å²) < 4.78 is 20.2. The smallest absolute Gasteiger partial charge is 0.251 e. The van der Waals surface area contributed by atoms with Crippen LogP contribution in [0.2, 0.25) is 0 Å². The third-order valence-electron chi connectivity index (χ3n) is 5.34. The van der Waals surface area contributed by atoms with E-state index in [4.69, 9.17) is 9.72 Å². The quantitative estimate of drug-likeness (QED) is 0.692. The van der Waals surface area contributed by atoms with Crippen molar-refractivity contribution in [3.8, 4) is 5.75 Å². The fourth-order valence-electron chi connectivity index (χ4n) is 3.80. The summed E-state index contributed by atoms with van der Waals surface area (Å²) in [6.45, 7) is 4.28. The van der Waals surface area contributed by atoms with Gasteiger partial charge in [0, 0.05) is 43.7 Å². The Hall–Kier alpha value is -2.71. The molecule has 150 valence electrons. The lowest BCUT2D eigenvalue weighted by Crippen LogP contribution is -2.43. The number of thiazole rings is 1.